The molecule has 1 aromatic rings. The van der Waals surface area contributed by atoms with Gasteiger partial charge >= 0.3 is 5.97 Å². The lowest BCUT2D eigenvalue weighted by Crippen LogP contribution is -2.61. The summed E-state index contributed by atoms with van der Waals surface area (Å²) in [4.78, 5) is 73.9. The van der Waals surface area contributed by atoms with Crippen LogP contribution in [-0.2, 0) is 47.7 Å². The number of nitrogens with zero attached hydrogens (tertiary/aromatic N) is 5. The van der Waals surface area contributed by atoms with Crippen LogP contribution in [0.3, 0.4) is 0 Å². The number of cyclic esters (lactones) is 1. The van der Waals surface area contributed by atoms with Crippen LogP contribution in [0.5, 0.6) is 0 Å². The van der Waals surface area contributed by atoms with Gasteiger partial charge in [0.05, 0.1) is 24.4 Å². The first-order valence-corrected chi connectivity index (χ1v) is 25.0. The lowest BCUT2D eigenvalue weighted by atomic mass is 9.77. The van der Waals surface area contributed by atoms with E-state index in [4.69, 9.17) is 23.7 Å². The van der Waals surface area contributed by atoms with E-state index < -0.39 is 77.8 Å². The van der Waals surface area contributed by atoms with Gasteiger partial charge in [0.15, 0.2) is 12.1 Å². The van der Waals surface area contributed by atoms with Crippen LogP contribution in [0.2, 0.25) is 0 Å². The van der Waals surface area contributed by atoms with Crippen LogP contribution < -0.4 is 0 Å². The minimum Gasteiger partial charge on any atom is -0.460 e. The van der Waals surface area contributed by atoms with E-state index in [0.717, 1.165) is 18.4 Å². The molecule has 1 aromatic heterocycles. The summed E-state index contributed by atoms with van der Waals surface area (Å²) in [6, 6.07) is -1.24. The SMILES string of the molecule is CO[C@H]1C[C@@H]2CC[C@@H](C)[C@@](O)(O2)C(=O)C(=O)N2CCCC[C@H]2C(=O)O[C@H]([C@H](C)C[C@@H]2CC[C@H](n3ncnn3)[C@H](OC)C2)CC(=O)[C@H](C)/C=C(\C)[C@@H](O)[C@@H](OC)C(=O)[C@H](C)C[C@H](C)\C=C/C=C\C=C/1C. The van der Waals surface area contributed by atoms with E-state index in [1.807, 2.05) is 58.1 Å². The first-order chi connectivity index (χ1) is 32.8. The fraction of sp³-hybridized carbons (Fsp3) is 0.731. The molecule has 0 unspecified atom stereocenters. The summed E-state index contributed by atoms with van der Waals surface area (Å²) in [6.45, 7) is 12.8. The van der Waals surface area contributed by atoms with Gasteiger partial charge in [0, 0.05) is 58.5 Å². The number of piperidine rings is 1. The van der Waals surface area contributed by atoms with E-state index in [2.05, 4.69) is 15.4 Å². The molecule has 2 N–H and O–H groups in total. The lowest BCUT2D eigenvalue weighted by Gasteiger charge is -2.42. The number of amides is 1. The van der Waals surface area contributed by atoms with Gasteiger partial charge in [-0.3, -0.25) is 19.2 Å². The van der Waals surface area contributed by atoms with Gasteiger partial charge in [0.1, 0.15) is 30.1 Å². The Hall–Kier alpha value is -4.26. The zero-order valence-electron chi connectivity index (χ0n) is 42.5. The molecule has 17 heteroatoms. The molecular weight excluding hydrogens is 887 g/mol. The monoisotopic (exact) mass is 966 g/mol. The standard InChI is InChI=1S/C52H79N5O12/c1-31-16-12-11-13-17-32(2)43(65-8)28-39-21-19-37(7)52(64,69-39)49(61)50(62)56-23-15-14-18-41(56)51(63)68-44(34(4)26-38-20-22-40(45(27-38)66-9)57-54-30-53-55-57)29-42(58)33(3)25-36(6)47(60)48(67-10)46(59)35(5)24-31/h11-13,16-17,25,30-31,33-35,37-41,43-45,47-48,60,64H,14-15,18-24,26-29H2,1-10H3/b13-11-,16-12-,32-17-,36-25+/t31-,33-,34-,35-,37-,38+,39+,40+,41+,43+,44+,45-,47-,48+,52-/m1/s1. The highest BCUT2D eigenvalue weighted by atomic mass is 16.6. The number of carbonyl (C=O) groups excluding carboxylic acids is 5. The number of rotatable bonds is 7. The highest BCUT2D eigenvalue weighted by Gasteiger charge is 2.53. The second kappa shape index (κ2) is 25.7. The zero-order valence-corrected chi connectivity index (χ0v) is 42.5. The molecule has 15 atom stereocenters. The van der Waals surface area contributed by atoms with Crippen LogP contribution in [0, 0.1) is 35.5 Å². The lowest BCUT2D eigenvalue weighted by molar-refractivity contribution is -0.265. The molecule has 69 heavy (non-hydrogen) atoms. The molecule has 4 heterocycles. The molecule has 0 radical (unpaired) electrons. The quantitative estimate of drug-likeness (QED) is 0.181. The molecule has 0 spiro atoms. The second-order valence-electron chi connectivity index (χ2n) is 20.3. The molecular formula is C52H79N5O12. The number of ether oxygens (including phenoxy) is 5. The summed E-state index contributed by atoms with van der Waals surface area (Å²) in [7, 11) is 4.61. The smallest absolute Gasteiger partial charge is 0.329 e. The van der Waals surface area contributed by atoms with E-state index >= 15 is 0 Å². The first kappa shape index (κ1) is 55.7. The fourth-order valence-electron chi connectivity index (χ4n) is 10.7. The molecule has 1 aliphatic carbocycles. The molecule has 17 nitrogen and oxygen atoms in total. The largest absolute Gasteiger partial charge is 0.460 e. The van der Waals surface area contributed by atoms with Crippen molar-refractivity contribution in [2.24, 2.45) is 35.5 Å². The van der Waals surface area contributed by atoms with Crippen molar-refractivity contribution in [2.75, 3.05) is 27.9 Å². The number of methoxy groups -OCH3 is 3. The van der Waals surface area contributed by atoms with Crippen molar-refractivity contribution in [1.82, 2.24) is 25.1 Å². The third kappa shape index (κ3) is 14.2. The van der Waals surface area contributed by atoms with Crippen LogP contribution in [-0.4, -0.2) is 141 Å². The summed E-state index contributed by atoms with van der Waals surface area (Å²) < 4.78 is 29.9. The number of aromatic nitrogens is 4. The fourth-order valence-corrected chi connectivity index (χ4v) is 10.7. The Bertz CT molecular complexity index is 2020. The number of tetrazole rings is 1. The average molecular weight is 966 g/mol. The third-order valence-corrected chi connectivity index (χ3v) is 15.1. The summed E-state index contributed by atoms with van der Waals surface area (Å²) >= 11 is 0. The van der Waals surface area contributed by atoms with Crippen molar-refractivity contribution in [3.05, 3.63) is 53.9 Å². The maximum atomic E-state index is 14.5. The Labute approximate surface area is 408 Å². The van der Waals surface area contributed by atoms with Crippen molar-refractivity contribution in [3.8, 4) is 0 Å². The van der Waals surface area contributed by atoms with Crippen molar-refractivity contribution in [2.45, 2.75) is 180 Å². The molecule has 384 valence electrons. The van der Waals surface area contributed by atoms with E-state index in [9.17, 15) is 34.2 Å². The molecule has 3 aliphatic heterocycles. The maximum Gasteiger partial charge on any atom is 0.329 e. The van der Waals surface area contributed by atoms with Crippen LogP contribution in [0.25, 0.3) is 0 Å². The highest BCUT2D eigenvalue weighted by Crippen LogP contribution is 2.39. The Morgan fingerprint density at radius 2 is 1.64 bits per heavy atom. The van der Waals surface area contributed by atoms with Gasteiger partial charge in [0.2, 0.25) is 5.79 Å². The van der Waals surface area contributed by atoms with Gasteiger partial charge in [-0.25, -0.2) is 4.79 Å². The highest BCUT2D eigenvalue weighted by molar-refractivity contribution is 6.39. The minimum atomic E-state index is -2.43. The van der Waals surface area contributed by atoms with Crippen LogP contribution in [0.4, 0.5) is 0 Å². The zero-order chi connectivity index (χ0) is 50.6. The number of aliphatic hydroxyl groups excluding tert-OH is 1. The molecule has 1 saturated carbocycles. The number of hydrogen-bond acceptors (Lipinski definition) is 15. The van der Waals surface area contributed by atoms with Gasteiger partial charge in [-0.2, -0.15) is 4.80 Å². The van der Waals surface area contributed by atoms with E-state index in [0.29, 0.717) is 56.9 Å². The third-order valence-electron chi connectivity index (χ3n) is 15.1. The Morgan fingerprint density at radius 3 is 2.32 bits per heavy atom. The van der Waals surface area contributed by atoms with E-state index in [1.165, 1.54) is 18.3 Å². The number of Topliss-reactive ketones (excluding diaryl/α,β-unsaturated/α-hetero) is 3. The molecule has 3 fully saturated rings. The average Bonchev–Trinajstić information content (AvgIpc) is 3.88. The summed E-state index contributed by atoms with van der Waals surface area (Å²) in [5, 5.41) is 35.7. The van der Waals surface area contributed by atoms with Crippen molar-refractivity contribution in [3.63, 3.8) is 0 Å². The van der Waals surface area contributed by atoms with E-state index in [-0.39, 0.29) is 60.9 Å². The number of aliphatic hydroxyl groups is 2. The molecule has 4 aliphatic rings. The number of hydrogen-bond donors (Lipinski definition) is 2. The van der Waals surface area contributed by atoms with Crippen molar-refractivity contribution in [1.29, 1.82) is 0 Å². The van der Waals surface area contributed by atoms with Gasteiger partial charge in [0.25, 0.3) is 11.7 Å². The normalized spacial score (nSPS) is 38.8. The number of ketones is 3. The minimum absolute atomic E-state index is 0.0168. The topological polar surface area (TPSA) is 219 Å². The van der Waals surface area contributed by atoms with Crippen molar-refractivity contribution >= 4 is 29.2 Å². The Balaban J connectivity index is 1.46. The van der Waals surface area contributed by atoms with Gasteiger partial charge in [-0.05, 0) is 112 Å². The number of carbonyl (C=O) groups is 5. The summed E-state index contributed by atoms with van der Waals surface area (Å²) in [5.74, 6) is -7.94. The van der Waals surface area contributed by atoms with Crippen molar-refractivity contribution < 1.29 is 57.9 Å². The van der Waals surface area contributed by atoms with Gasteiger partial charge < -0.3 is 38.8 Å². The Morgan fingerprint density at radius 1 is 0.884 bits per heavy atom. The molecule has 5 rings (SSSR count). The maximum absolute atomic E-state index is 14.5. The van der Waals surface area contributed by atoms with Crippen LogP contribution in [0.15, 0.2) is 53.9 Å². The second-order valence-corrected chi connectivity index (χ2v) is 20.3. The van der Waals surface area contributed by atoms with E-state index in [1.54, 1.807) is 45.9 Å². The molecule has 2 bridgehead atoms. The predicted molar refractivity (Wildman–Crippen MR) is 256 cm³/mol. The van der Waals surface area contributed by atoms with Crippen LogP contribution >= 0.6 is 0 Å². The molecule has 2 saturated heterocycles. The Kier molecular flexibility index (Phi) is 20.8. The summed E-state index contributed by atoms with van der Waals surface area (Å²) in [5.41, 5.74) is 1.27. The molecule has 1 amide bonds. The number of esters is 1. The number of allylic oxidation sites excluding steroid dienone is 6. The summed E-state index contributed by atoms with van der Waals surface area (Å²) in [6.07, 6.45) is 13.7. The van der Waals surface area contributed by atoms with Crippen LogP contribution in [0.1, 0.15) is 132 Å². The predicted octanol–water partition coefficient (Wildman–Crippen LogP) is 6.05. The first-order valence-electron chi connectivity index (χ1n) is 25.0. The van der Waals surface area contributed by atoms with Gasteiger partial charge in [-0.15, -0.1) is 10.2 Å². The molecule has 0 aromatic carbocycles. The van der Waals surface area contributed by atoms with Gasteiger partial charge in [-0.1, -0.05) is 71.1 Å². The number of fused-ring (bicyclic) bond motifs is 3.